The van der Waals surface area contributed by atoms with Gasteiger partial charge in [-0.25, -0.2) is 4.79 Å². The largest absolute Gasteiger partial charge is 0.445 e. The van der Waals surface area contributed by atoms with Crippen LogP contribution in [0, 0.1) is 0 Å². The van der Waals surface area contributed by atoms with Crippen LogP contribution in [0.1, 0.15) is 30.4 Å². The fourth-order valence-corrected chi connectivity index (χ4v) is 3.39. The van der Waals surface area contributed by atoms with E-state index in [4.69, 9.17) is 16.3 Å². The predicted octanol–water partition coefficient (Wildman–Crippen LogP) is 5.14. The highest BCUT2D eigenvalue weighted by molar-refractivity contribution is 6.30. The average Bonchev–Trinajstić information content (AvgIpc) is 2.74. The summed E-state index contributed by atoms with van der Waals surface area (Å²) >= 11 is 5.96. The summed E-state index contributed by atoms with van der Waals surface area (Å²) in [7, 11) is 0. The number of alkyl carbamates (subject to hydrolysis) is 1. The van der Waals surface area contributed by atoms with Crippen molar-refractivity contribution in [2.75, 3.05) is 26.2 Å². The number of halogens is 1. The third kappa shape index (κ3) is 6.70. The fraction of sp³-hybridized carbons (Fsp3) is 0.348. The summed E-state index contributed by atoms with van der Waals surface area (Å²) in [6.07, 6.45) is 5.03. The van der Waals surface area contributed by atoms with Gasteiger partial charge in [0.1, 0.15) is 6.61 Å². The molecule has 2 aromatic carbocycles. The smallest absolute Gasteiger partial charge is 0.407 e. The number of nitrogens with zero attached hydrogens (tertiary/aromatic N) is 1. The molecule has 1 amide bonds. The second kappa shape index (κ2) is 10.9. The molecule has 0 aliphatic carbocycles. The van der Waals surface area contributed by atoms with Gasteiger partial charge in [0.05, 0.1) is 0 Å². The molecule has 0 radical (unpaired) electrons. The maximum absolute atomic E-state index is 11.7. The monoisotopic (exact) mass is 398 g/mol. The van der Waals surface area contributed by atoms with Gasteiger partial charge in [-0.05, 0) is 54.6 Å². The van der Waals surface area contributed by atoms with Gasteiger partial charge in [0, 0.05) is 24.7 Å². The maximum Gasteiger partial charge on any atom is 0.407 e. The molecule has 28 heavy (non-hydrogen) atoms. The van der Waals surface area contributed by atoms with Crippen molar-refractivity contribution in [1.29, 1.82) is 0 Å². The third-order valence-electron chi connectivity index (χ3n) is 4.89. The standard InChI is InChI=1S/C23H27ClN2O2/c24-22-10-8-20(9-11-22)21-12-16-26(17-13-21)15-5-4-14-25-23(27)28-18-19-6-2-1-3-7-19/h1-3,6-12H,4-5,13-18H2,(H,25,27). The predicted molar refractivity (Wildman–Crippen MR) is 114 cm³/mol. The van der Waals surface area contributed by atoms with E-state index in [-0.39, 0.29) is 6.09 Å². The molecule has 1 N–H and O–H groups in total. The Morgan fingerprint density at radius 3 is 2.57 bits per heavy atom. The van der Waals surface area contributed by atoms with Crippen molar-refractivity contribution in [1.82, 2.24) is 10.2 Å². The van der Waals surface area contributed by atoms with E-state index in [2.05, 4.69) is 28.4 Å². The molecule has 5 heteroatoms. The summed E-state index contributed by atoms with van der Waals surface area (Å²) in [6.45, 7) is 4.05. The van der Waals surface area contributed by atoms with Crippen molar-refractivity contribution in [3.05, 3.63) is 76.8 Å². The number of carbonyl (C=O) groups is 1. The molecular weight excluding hydrogens is 372 g/mol. The Labute approximate surface area is 172 Å². The van der Waals surface area contributed by atoms with E-state index >= 15 is 0 Å². The van der Waals surface area contributed by atoms with Gasteiger partial charge in [0.2, 0.25) is 0 Å². The van der Waals surface area contributed by atoms with Crippen LogP contribution in [0.15, 0.2) is 60.7 Å². The van der Waals surface area contributed by atoms with E-state index in [1.54, 1.807) is 0 Å². The molecule has 2 aromatic rings. The minimum Gasteiger partial charge on any atom is -0.445 e. The summed E-state index contributed by atoms with van der Waals surface area (Å²) in [5.74, 6) is 0. The Kier molecular flexibility index (Phi) is 7.94. The van der Waals surface area contributed by atoms with E-state index in [9.17, 15) is 4.79 Å². The normalized spacial score (nSPS) is 14.4. The molecule has 148 valence electrons. The van der Waals surface area contributed by atoms with Crippen molar-refractivity contribution in [3.63, 3.8) is 0 Å². The van der Waals surface area contributed by atoms with Crippen molar-refractivity contribution >= 4 is 23.3 Å². The number of benzene rings is 2. The zero-order chi connectivity index (χ0) is 19.6. The molecule has 1 aliphatic rings. The first-order valence-corrected chi connectivity index (χ1v) is 10.2. The molecular formula is C23H27ClN2O2. The van der Waals surface area contributed by atoms with Gasteiger partial charge in [-0.1, -0.05) is 60.1 Å². The van der Waals surface area contributed by atoms with E-state index in [1.165, 1.54) is 11.1 Å². The van der Waals surface area contributed by atoms with Crippen molar-refractivity contribution in [2.45, 2.75) is 25.9 Å². The van der Waals surface area contributed by atoms with Gasteiger partial charge in [0.25, 0.3) is 0 Å². The van der Waals surface area contributed by atoms with Crippen LogP contribution in [0.2, 0.25) is 5.02 Å². The second-order valence-electron chi connectivity index (χ2n) is 6.98. The lowest BCUT2D eigenvalue weighted by Gasteiger charge is -2.26. The number of unbranched alkanes of at least 4 members (excludes halogenated alkanes) is 1. The lowest BCUT2D eigenvalue weighted by Crippen LogP contribution is -2.30. The van der Waals surface area contributed by atoms with Gasteiger partial charge in [-0.15, -0.1) is 0 Å². The van der Waals surface area contributed by atoms with Crippen LogP contribution in [0.3, 0.4) is 0 Å². The topological polar surface area (TPSA) is 41.6 Å². The van der Waals surface area contributed by atoms with E-state index in [0.29, 0.717) is 13.2 Å². The van der Waals surface area contributed by atoms with Gasteiger partial charge in [-0.2, -0.15) is 0 Å². The summed E-state index contributed by atoms with van der Waals surface area (Å²) in [5.41, 5.74) is 3.66. The zero-order valence-corrected chi connectivity index (χ0v) is 16.8. The zero-order valence-electron chi connectivity index (χ0n) is 16.1. The lowest BCUT2D eigenvalue weighted by molar-refractivity contribution is 0.139. The first-order valence-electron chi connectivity index (χ1n) is 9.82. The number of carbonyl (C=O) groups excluding carboxylic acids is 1. The number of hydrogen-bond acceptors (Lipinski definition) is 3. The quantitative estimate of drug-likeness (QED) is 0.626. The first-order chi connectivity index (χ1) is 13.7. The van der Waals surface area contributed by atoms with E-state index < -0.39 is 0 Å². The number of hydrogen-bond donors (Lipinski definition) is 1. The third-order valence-corrected chi connectivity index (χ3v) is 5.14. The van der Waals surface area contributed by atoms with Crippen molar-refractivity contribution < 1.29 is 9.53 Å². The van der Waals surface area contributed by atoms with Crippen LogP contribution < -0.4 is 5.32 Å². The average molecular weight is 399 g/mol. The van der Waals surface area contributed by atoms with Crippen LogP contribution in [0.5, 0.6) is 0 Å². The minimum absolute atomic E-state index is 0.308. The number of amides is 1. The molecule has 0 saturated carbocycles. The number of nitrogens with one attached hydrogen (secondary N) is 1. The summed E-state index contributed by atoms with van der Waals surface area (Å²) in [5, 5.41) is 3.60. The first kappa shape index (κ1) is 20.4. The molecule has 0 saturated heterocycles. The Morgan fingerprint density at radius 1 is 1.07 bits per heavy atom. The highest BCUT2D eigenvalue weighted by Gasteiger charge is 2.12. The molecule has 4 nitrogen and oxygen atoms in total. The van der Waals surface area contributed by atoms with Gasteiger partial charge >= 0.3 is 6.09 Å². The Bertz CT molecular complexity index is 775. The summed E-state index contributed by atoms with van der Waals surface area (Å²) in [6, 6.07) is 17.8. The molecule has 0 atom stereocenters. The molecule has 0 bridgehead atoms. The summed E-state index contributed by atoms with van der Waals surface area (Å²) in [4.78, 5) is 14.2. The van der Waals surface area contributed by atoms with Crippen molar-refractivity contribution in [3.8, 4) is 0 Å². The van der Waals surface area contributed by atoms with Gasteiger partial charge in [-0.3, -0.25) is 4.90 Å². The fourth-order valence-electron chi connectivity index (χ4n) is 3.27. The molecule has 1 heterocycles. The van der Waals surface area contributed by atoms with E-state index in [0.717, 1.165) is 49.5 Å². The lowest BCUT2D eigenvalue weighted by atomic mass is 9.99. The number of ether oxygens (including phenoxy) is 1. The molecule has 0 aromatic heterocycles. The SMILES string of the molecule is O=C(NCCCCN1CC=C(c2ccc(Cl)cc2)CC1)OCc1ccccc1. The van der Waals surface area contributed by atoms with Crippen LogP contribution in [0.25, 0.3) is 5.57 Å². The van der Waals surface area contributed by atoms with Gasteiger partial charge < -0.3 is 10.1 Å². The molecule has 0 spiro atoms. The molecule has 0 fully saturated rings. The minimum atomic E-state index is -0.350. The Morgan fingerprint density at radius 2 is 1.86 bits per heavy atom. The summed E-state index contributed by atoms with van der Waals surface area (Å²) < 4.78 is 5.21. The highest BCUT2D eigenvalue weighted by atomic mass is 35.5. The van der Waals surface area contributed by atoms with Crippen LogP contribution in [-0.2, 0) is 11.3 Å². The van der Waals surface area contributed by atoms with Gasteiger partial charge in [0.15, 0.2) is 0 Å². The second-order valence-corrected chi connectivity index (χ2v) is 7.42. The van der Waals surface area contributed by atoms with E-state index in [1.807, 2.05) is 42.5 Å². The molecule has 0 unspecified atom stereocenters. The Balaban J connectivity index is 1.27. The highest BCUT2D eigenvalue weighted by Crippen LogP contribution is 2.23. The molecule has 1 aliphatic heterocycles. The van der Waals surface area contributed by atoms with Crippen LogP contribution in [0.4, 0.5) is 4.79 Å². The number of rotatable bonds is 8. The van der Waals surface area contributed by atoms with Crippen molar-refractivity contribution in [2.24, 2.45) is 0 Å². The van der Waals surface area contributed by atoms with Crippen LogP contribution in [-0.4, -0.2) is 37.2 Å². The Hall–Kier alpha value is -2.30. The maximum atomic E-state index is 11.7. The molecule has 3 rings (SSSR count). The van der Waals surface area contributed by atoms with Crippen LogP contribution >= 0.6 is 11.6 Å².